The maximum atomic E-state index is 15.4. The second-order valence-corrected chi connectivity index (χ2v) is 16.1. The van der Waals surface area contributed by atoms with Crippen molar-refractivity contribution >= 4 is 23.8 Å². The number of carbonyl (C=O) groups is 3. The van der Waals surface area contributed by atoms with Gasteiger partial charge in [0.15, 0.2) is 5.69 Å². The molecule has 15 heteroatoms. The summed E-state index contributed by atoms with van der Waals surface area (Å²) in [5, 5.41) is 3.04. The first-order chi connectivity index (χ1) is 28.7. The van der Waals surface area contributed by atoms with Crippen LogP contribution in [0.3, 0.4) is 0 Å². The summed E-state index contributed by atoms with van der Waals surface area (Å²) in [6.07, 6.45) is -3.84. The predicted octanol–water partition coefficient (Wildman–Crippen LogP) is 8.51. The molecule has 4 atom stereocenters. The highest BCUT2D eigenvalue weighted by Crippen LogP contribution is 2.47. The summed E-state index contributed by atoms with van der Waals surface area (Å²) in [7, 11) is 0. The highest BCUT2D eigenvalue weighted by Gasteiger charge is 2.58. The standard InChI is InChI=1S/C45H53F3N6O6/c1-6-35-38(39(44(3,4)5)45(46,47)48)54(43(57)60-29-31-17-12-9-13-18-31)26-25-53(35)36-21-20-34(33-19-14-23-49-41(33)58-7-2)51-37(36)40(55)50-32-22-24-52(27-32)42(56)59-28-30-15-10-8-11-16-30/h8-21,23,32,35,38-39H,6-7,22,24-29H2,1-5H3,(H,50,55)/t32-,35-,38-,39?/m1/s1. The van der Waals surface area contributed by atoms with Crippen LogP contribution in [-0.2, 0) is 22.7 Å². The van der Waals surface area contributed by atoms with E-state index in [1.165, 1.54) is 30.6 Å². The van der Waals surface area contributed by atoms with E-state index >= 15 is 13.2 Å². The number of rotatable bonds is 12. The van der Waals surface area contributed by atoms with Crippen LogP contribution < -0.4 is 15.0 Å². The van der Waals surface area contributed by atoms with Gasteiger partial charge in [-0.05, 0) is 60.6 Å². The maximum absolute atomic E-state index is 15.4. The zero-order valence-electron chi connectivity index (χ0n) is 34.7. The Morgan fingerprint density at radius 2 is 1.48 bits per heavy atom. The second-order valence-electron chi connectivity index (χ2n) is 16.1. The minimum atomic E-state index is -4.70. The number of ether oxygens (including phenoxy) is 3. The number of likely N-dealkylation sites (tertiary alicyclic amines) is 1. The Labute approximate surface area is 349 Å². The molecular formula is C45H53F3N6O6. The highest BCUT2D eigenvalue weighted by atomic mass is 19.4. The summed E-state index contributed by atoms with van der Waals surface area (Å²) >= 11 is 0. The van der Waals surface area contributed by atoms with Gasteiger partial charge in [0.2, 0.25) is 5.88 Å². The molecule has 320 valence electrons. The molecule has 0 bridgehead atoms. The summed E-state index contributed by atoms with van der Waals surface area (Å²) in [4.78, 5) is 55.1. The van der Waals surface area contributed by atoms with Crippen molar-refractivity contribution in [1.29, 1.82) is 0 Å². The first-order valence-electron chi connectivity index (χ1n) is 20.4. The Morgan fingerprint density at radius 1 is 0.833 bits per heavy atom. The van der Waals surface area contributed by atoms with Crippen LogP contribution in [0.5, 0.6) is 5.88 Å². The third-order valence-electron chi connectivity index (χ3n) is 10.9. The average molecular weight is 831 g/mol. The maximum Gasteiger partial charge on any atom is 0.410 e. The van der Waals surface area contributed by atoms with Gasteiger partial charge in [0, 0.05) is 38.4 Å². The molecule has 2 aromatic carbocycles. The number of hydrogen-bond acceptors (Lipinski definition) is 9. The van der Waals surface area contributed by atoms with Gasteiger partial charge >= 0.3 is 18.4 Å². The smallest absolute Gasteiger partial charge is 0.410 e. The van der Waals surface area contributed by atoms with Crippen LogP contribution in [0, 0.1) is 11.3 Å². The van der Waals surface area contributed by atoms with Gasteiger partial charge in [0.25, 0.3) is 5.91 Å². The van der Waals surface area contributed by atoms with E-state index < -0.39 is 53.7 Å². The third-order valence-corrected chi connectivity index (χ3v) is 10.9. The monoisotopic (exact) mass is 830 g/mol. The topological polar surface area (TPSA) is 126 Å². The van der Waals surface area contributed by atoms with Crippen molar-refractivity contribution in [3.05, 3.63) is 108 Å². The zero-order chi connectivity index (χ0) is 43.0. The highest BCUT2D eigenvalue weighted by molar-refractivity contribution is 5.99. The van der Waals surface area contributed by atoms with Crippen molar-refractivity contribution in [2.75, 3.05) is 37.7 Å². The molecule has 2 aliphatic rings. The number of nitrogens with zero attached hydrogens (tertiary/aromatic N) is 5. The van der Waals surface area contributed by atoms with E-state index in [9.17, 15) is 14.4 Å². The Hall–Kier alpha value is -5.86. The molecule has 12 nitrogen and oxygen atoms in total. The molecule has 2 fully saturated rings. The second kappa shape index (κ2) is 19.0. The Balaban J connectivity index is 1.34. The van der Waals surface area contributed by atoms with Crippen LogP contribution in [0.25, 0.3) is 11.3 Å². The van der Waals surface area contributed by atoms with Crippen LogP contribution in [0.4, 0.5) is 28.4 Å². The molecule has 6 rings (SSSR count). The summed E-state index contributed by atoms with van der Waals surface area (Å²) in [5.41, 5.74) is 1.39. The van der Waals surface area contributed by atoms with Crippen LogP contribution in [-0.4, -0.2) is 94.9 Å². The Kier molecular flexibility index (Phi) is 13.9. The molecule has 4 aromatic rings. The number of pyridine rings is 2. The van der Waals surface area contributed by atoms with E-state index in [0.717, 1.165) is 5.56 Å². The molecule has 2 aromatic heterocycles. The number of carbonyl (C=O) groups excluding carboxylic acids is 3. The summed E-state index contributed by atoms with van der Waals surface area (Å²) < 4.78 is 63.2. The van der Waals surface area contributed by atoms with Crippen LogP contribution in [0.15, 0.2) is 91.1 Å². The minimum Gasteiger partial charge on any atom is -0.477 e. The number of hydrogen-bond donors (Lipinski definition) is 1. The zero-order valence-corrected chi connectivity index (χ0v) is 34.7. The SMILES string of the molecule is CCOc1ncccc1-c1ccc(N2CCN(C(=O)OCc3ccccc3)[C@@H](C(C(C)(C)C)C(F)(F)F)[C@H]2CC)c(C(=O)N[C@@H]2CCN(C(=O)OCc3ccccc3)C2)n1. The molecule has 2 saturated heterocycles. The number of alkyl halides is 3. The number of benzene rings is 2. The Morgan fingerprint density at radius 3 is 2.08 bits per heavy atom. The molecule has 0 radical (unpaired) electrons. The lowest BCUT2D eigenvalue weighted by atomic mass is 9.71. The summed E-state index contributed by atoms with van der Waals surface area (Å²) in [6, 6.07) is 22.4. The van der Waals surface area contributed by atoms with Crippen LogP contribution >= 0.6 is 0 Å². The quantitative estimate of drug-likeness (QED) is 0.150. The van der Waals surface area contributed by atoms with Gasteiger partial charge in [0.05, 0.1) is 41.6 Å². The summed E-state index contributed by atoms with van der Waals surface area (Å²) in [5.74, 6) is -2.24. The van der Waals surface area contributed by atoms with Crippen molar-refractivity contribution in [3.8, 4) is 17.1 Å². The average Bonchev–Trinajstić information content (AvgIpc) is 3.70. The van der Waals surface area contributed by atoms with Crippen molar-refractivity contribution in [2.24, 2.45) is 11.3 Å². The number of amides is 3. The van der Waals surface area contributed by atoms with Crippen LogP contribution in [0.2, 0.25) is 0 Å². The first kappa shape index (κ1) is 43.7. The third kappa shape index (κ3) is 10.3. The van der Waals surface area contributed by atoms with E-state index in [2.05, 4.69) is 10.3 Å². The van der Waals surface area contributed by atoms with E-state index in [4.69, 9.17) is 19.2 Å². The molecule has 2 aliphatic heterocycles. The van der Waals surface area contributed by atoms with Crippen molar-refractivity contribution in [1.82, 2.24) is 25.1 Å². The van der Waals surface area contributed by atoms with Crippen molar-refractivity contribution in [2.45, 2.75) is 85.0 Å². The Bertz CT molecular complexity index is 2070. The lowest BCUT2D eigenvalue weighted by Gasteiger charge is -2.53. The lowest BCUT2D eigenvalue weighted by Crippen LogP contribution is -2.67. The number of aromatic nitrogens is 2. The predicted molar refractivity (Wildman–Crippen MR) is 220 cm³/mol. The van der Waals surface area contributed by atoms with Crippen LogP contribution in [0.1, 0.15) is 69.1 Å². The van der Waals surface area contributed by atoms with E-state index in [1.54, 1.807) is 66.6 Å². The van der Waals surface area contributed by atoms with Crippen molar-refractivity contribution in [3.63, 3.8) is 0 Å². The lowest BCUT2D eigenvalue weighted by molar-refractivity contribution is -0.221. The van der Waals surface area contributed by atoms with Gasteiger partial charge in [-0.1, -0.05) is 88.4 Å². The number of halogens is 3. The number of nitrogens with one attached hydrogen (secondary N) is 1. The van der Waals surface area contributed by atoms with Gasteiger partial charge in [-0.15, -0.1) is 0 Å². The van der Waals surface area contributed by atoms with E-state index in [-0.39, 0.29) is 45.0 Å². The fourth-order valence-corrected chi connectivity index (χ4v) is 8.24. The fraction of sp³-hybridized carbons (Fsp3) is 0.444. The number of anilines is 1. The molecule has 0 spiro atoms. The molecular weight excluding hydrogens is 778 g/mol. The van der Waals surface area contributed by atoms with Gasteiger partial charge in [-0.3, -0.25) is 4.79 Å². The van der Waals surface area contributed by atoms with Crippen molar-refractivity contribution < 1.29 is 41.8 Å². The molecule has 0 saturated carbocycles. The first-order valence-corrected chi connectivity index (χ1v) is 20.4. The van der Waals surface area contributed by atoms with Gasteiger partial charge in [-0.2, -0.15) is 13.2 Å². The normalized spacial score (nSPS) is 18.8. The minimum absolute atomic E-state index is 0.0273. The molecule has 3 amide bonds. The van der Waals surface area contributed by atoms with E-state index in [0.29, 0.717) is 48.0 Å². The van der Waals surface area contributed by atoms with Gasteiger partial charge in [0.1, 0.15) is 13.2 Å². The van der Waals surface area contributed by atoms with Gasteiger partial charge in [-0.25, -0.2) is 19.6 Å². The van der Waals surface area contributed by atoms with E-state index in [1.807, 2.05) is 43.3 Å². The molecule has 1 unspecified atom stereocenters. The molecule has 60 heavy (non-hydrogen) atoms. The molecule has 1 N–H and O–H groups in total. The summed E-state index contributed by atoms with van der Waals surface area (Å²) in [6.45, 7) is 8.99. The number of piperazine rings is 1. The molecule has 4 heterocycles. The van der Waals surface area contributed by atoms with Gasteiger partial charge < -0.3 is 34.2 Å². The molecule has 0 aliphatic carbocycles. The fourth-order valence-electron chi connectivity index (χ4n) is 8.24. The largest absolute Gasteiger partial charge is 0.477 e.